The summed E-state index contributed by atoms with van der Waals surface area (Å²) in [4.78, 5) is 18.5. The number of fused-ring (bicyclic) bond motifs is 2. The molecule has 33 heavy (non-hydrogen) atoms. The lowest BCUT2D eigenvalue weighted by Crippen LogP contribution is -2.47. The van der Waals surface area contributed by atoms with E-state index in [0.29, 0.717) is 12.8 Å². The Kier molecular flexibility index (Phi) is 6.24. The van der Waals surface area contributed by atoms with E-state index in [1.54, 1.807) is 6.33 Å². The Hall–Kier alpha value is -2.29. The molecule has 0 spiro atoms. The molecule has 0 N–H and O–H groups in total. The number of anilines is 1. The van der Waals surface area contributed by atoms with Gasteiger partial charge in [0.1, 0.15) is 18.7 Å². The van der Waals surface area contributed by atoms with Gasteiger partial charge in [0.25, 0.3) is 0 Å². The summed E-state index contributed by atoms with van der Waals surface area (Å²) in [5.74, 6) is 0.829. The van der Waals surface area contributed by atoms with Gasteiger partial charge in [0.2, 0.25) is 0 Å². The van der Waals surface area contributed by atoms with E-state index < -0.39 is 8.07 Å². The highest BCUT2D eigenvalue weighted by atomic mass is 28.3. The van der Waals surface area contributed by atoms with Gasteiger partial charge in [-0.2, -0.15) is 0 Å². The van der Waals surface area contributed by atoms with Crippen LogP contribution >= 0.6 is 0 Å². The van der Waals surface area contributed by atoms with Crippen LogP contribution in [0.5, 0.6) is 0 Å². The quantitative estimate of drug-likeness (QED) is 0.383. The van der Waals surface area contributed by atoms with Gasteiger partial charge in [0.05, 0.1) is 5.39 Å². The highest BCUT2D eigenvalue weighted by Crippen LogP contribution is 2.39. The lowest BCUT2D eigenvalue weighted by molar-refractivity contribution is 0.0899. The Balaban J connectivity index is 1.50. The number of hydrogen-bond acceptors (Lipinski definition) is 6. The van der Waals surface area contributed by atoms with Gasteiger partial charge in [-0.15, -0.1) is 0 Å². The minimum Gasteiger partial charge on any atom is -0.369 e. The van der Waals surface area contributed by atoms with E-state index in [0.717, 1.165) is 48.4 Å². The average Bonchev–Trinajstić information content (AvgIpc) is 3.37. The SMILES string of the molecule is CN1CC[C@@H]2CCN(c3ccnc4c3c(-c3cncnc3)cn4COCC[Si](C)(C)C)C[C@@H]21. The zero-order valence-electron chi connectivity index (χ0n) is 20.4. The van der Waals surface area contributed by atoms with Gasteiger partial charge in [0.15, 0.2) is 0 Å². The first kappa shape index (κ1) is 22.5. The second-order valence-corrected chi connectivity index (χ2v) is 16.5. The minimum atomic E-state index is -1.12. The summed E-state index contributed by atoms with van der Waals surface area (Å²) in [6.07, 6.45) is 12.1. The van der Waals surface area contributed by atoms with Crippen molar-refractivity contribution in [2.24, 2.45) is 5.92 Å². The van der Waals surface area contributed by atoms with Gasteiger partial charge in [-0.1, -0.05) is 19.6 Å². The molecule has 0 unspecified atom stereocenters. The molecule has 0 amide bonds. The van der Waals surface area contributed by atoms with Gasteiger partial charge >= 0.3 is 0 Å². The van der Waals surface area contributed by atoms with Crippen molar-refractivity contribution in [2.45, 2.75) is 51.3 Å². The van der Waals surface area contributed by atoms with Crippen LogP contribution in [-0.4, -0.2) is 71.8 Å². The predicted molar refractivity (Wildman–Crippen MR) is 136 cm³/mol. The van der Waals surface area contributed by atoms with Gasteiger partial charge in [-0.05, 0) is 44.5 Å². The molecule has 5 heterocycles. The summed E-state index contributed by atoms with van der Waals surface area (Å²) in [5.41, 5.74) is 4.38. The van der Waals surface area contributed by atoms with Crippen molar-refractivity contribution in [1.82, 2.24) is 24.4 Å². The van der Waals surface area contributed by atoms with E-state index in [4.69, 9.17) is 9.72 Å². The number of piperidine rings is 1. The van der Waals surface area contributed by atoms with Crippen LogP contribution < -0.4 is 4.90 Å². The molecule has 2 aliphatic heterocycles. The van der Waals surface area contributed by atoms with Crippen molar-refractivity contribution in [3.8, 4) is 11.1 Å². The van der Waals surface area contributed by atoms with Crippen LogP contribution in [0.3, 0.4) is 0 Å². The normalized spacial score (nSPS) is 21.6. The van der Waals surface area contributed by atoms with Crippen LogP contribution in [-0.2, 0) is 11.5 Å². The summed E-state index contributed by atoms with van der Waals surface area (Å²) < 4.78 is 8.27. The molecule has 5 rings (SSSR count). The van der Waals surface area contributed by atoms with Gasteiger partial charge in [-0.3, -0.25) is 0 Å². The van der Waals surface area contributed by atoms with Crippen LogP contribution in [0.1, 0.15) is 12.8 Å². The first-order valence-electron chi connectivity index (χ1n) is 12.2. The third kappa shape index (κ3) is 4.69. The molecule has 0 bridgehead atoms. The largest absolute Gasteiger partial charge is 0.369 e. The number of likely N-dealkylation sites (tertiary alicyclic amines) is 1. The molecular formula is C25H36N6OSi. The van der Waals surface area contributed by atoms with Crippen molar-refractivity contribution in [3.63, 3.8) is 0 Å². The molecule has 3 aromatic heterocycles. The number of aromatic nitrogens is 4. The van der Waals surface area contributed by atoms with Crippen LogP contribution in [0.15, 0.2) is 37.2 Å². The lowest BCUT2D eigenvalue weighted by Gasteiger charge is -2.39. The maximum atomic E-state index is 6.12. The molecule has 176 valence electrons. The van der Waals surface area contributed by atoms with Crippen molar-refractivity contribution in [1.29, 1.82) is 0 Å². The molecule has 2 atom stereocenters. The highest BCUT2D eigenvalue weighted by molar-refractivity contribution is 6.76. The molecule has 0 aromatic carbocycles. The molecule has 2 saturated heterocycles. The van der Waals surface area contributed by atoms with Crippen molar-refractivity contribution >= 4 is 24.8 Å². The number of rotatable bonds is 7. The minimum absolute atomic E-state index is 0.512. The summed E-state index contributed by atoms with van der Waals surface area (Å²) in [5, 5.41) is 1.18. The fourth-order valence-electron chi connectivity index (χ4n) is 5.33. The fourth-order valence-corrected chi connectivity index (χ4v) is 6.09. The molecule has 7 nitrogen and oxygen atoms in total. The van der Waals surface area contributed by atoms with E-state index in [-0.39, 0.29) is 0 Å². The van der Waals surface area contributed by atoms with E-state index in [1.807, 2.05) is 18.6 Å². The van der Waals surface area contributed by atoms with E-state index in [1.165, 1.54) is 30.5 Å². The number of ether oxygens (including phenoxy) is 1. The average molecular weight is 465 g/mol. The number of likely N-dealkylation sites (N-methyl/N-ethyl adjacent to an activating group) is 1. The monoisotopic (exact) mass is 464 g/mol. The van der Waals surface area contributed by atoms with Crippen LogP contribution in [0.25, 0.3) is 22.2 Å². The Morgan fingerprint density at radius 1 is 1.12 bits per heavy atom. The number of pyridine rings is 1. The summed E-state index contributed by atoms with van der Waals surface area (Å²) >= 11 is 0. The van der Waals surface area contributed by atoms with Gasteiger partial charge in [-0.25, -0.2) is 15.0 Å². The standard InChI is InChI=1S/C25H36N6OSi/c1-29-9-6-19-7-10-30(16-23(19)29)22-5-8-28-25-24(22)21(20-13-26-17-27-14-20)15-31(25)18-32-11-12-33(2,3)4/h5,8,13-15,17,19,23H,6-7,9-12,16,18H2,1-4H3/t19-,23+/m1/s1. The topological polar surface area (TPSA) is 59.3 Å². The molecule has 3 aromatic rings. The van der Waals surface area contributed by atoms with Crippen molar-refractivity contribution in [2.75, 3.05) is 38.2 Å². The van der Waals surface area contributed by atoms with E-state index in [9.17, 15) is 0 Å². The van der Waals surface area contributed by atoms with Crippen LogP contribution in [0, 0.1) is 5.92 Å². The summed E-state index contributed by atoms with van der Waals surface area (Å²) in [6.45, 7) is 11.8. The summed E-state index contributed by atoms with van der Waals surface area (Å²) in [7, 11) is 1.15. The zero-order chi connectivity index (χ0) is 23.0. The molecule has 0 saturated carbocycles. The molecule has 2 aliphatic rings. The van der Waals surface area contributed by atoms with Crippen LogP contribution in [0.2, 0.25) is 25.7 Å². The van der Waals surface area contributed by atoms with Gasteiger partial charge < -0.3 is 19.1 Å². The molecular weight excluding hydrogens is 428 g/mol. The van der Waals surface area contributed by atoms with Crippen LogP contribution in [0.4, 0.5) is 5.69 Å². The Morgan fingerprint density at radius 2 is 1.91 bits per heavy atom. The maximum absolute atomic E-state index is 6.12. The molecule has 8 heteroatoms. The smallest absolute Gasteiger partial charge is 0.144 e. The zero-order valence-corrected chi connectivity index (χ0v) is 21.4. The Bertz CT molecular complexity index is 1100. The predicted octanol–water partition coefficient (Wildman–Crippen LogP) is 4.34. The first-order chi connectivity index (χ1) is 15.9. The van der Waals surface area contributed by atoms with Crippen molar-refractivity contribution in [3.05, 3.63) is 37.2 Å². The maximum Gasteiger partial charge on any atom is 0.144 e. The number of hydrogen-bond donors (Lipinski definition) is 0. The summed E-state index contributed by atoms with van der Waals surface area (Å²) in [6, 6.07) is 3.98. The van der Waals surface area contributed by atoms with E-state index >= 15 is 0 Å². The van der Waals surface area contributed by atoms with Crippen molar-refractivity contribution < 1.29 is 4.74 Å². The molecule has 0 aliphatic carbocycles. The fraction of sp³-hybridized carbons (Fsp3) is 0.560. The lowest BCUT2D eigenvalue weighted by atomic mass is 9.91. The Labute approximate surface area is 197 Å². The highest BCUT2D eigenvalue weighted by Gasteiger charge is 2.37. The van der Waals surface area contributed by atoms with E-state index in [2.05, 4.69) is 63.3 Å². The van der Waals surface area contributed by atoms with Gasteiger partial charge in [0, 0.05) is 75.4 Å². The third-order valence-corrected chi connectivity index (χ3v) is 9.02. The third-order valence-electron chi connectivity index (χ3n) is 7.31. The molecule has 2 fully saturated rings. The second-order valence-electron chi connectivity index (χ2n) is 10.8. The molecule has 0 radical (unpaired) electrons. The Morgan fingerprint density at radius 3 is 2.70 bits per heavy atom. The number of nitrogens with zero attached hydrogens (tertiary/aromatic N) is 6. The first-order valence-corrected chi connectivity index (χ1v) is 15.9. The second kappa shape index (κ2) is 9.16.